The van der Waals surface area contributed by atoms with E-state index in [1.165, 1.54) is 0 Å². The van der Waals surface area contributed by atoms with Gasteiger partial charge < -0.3 is 10.6 Å². The molecule has 2 fully saturated rings. The summed E-state index contributed by atoms with van der Waals surface area (Å²) in [7, 11) is 0. The molecule has 4 N–H and O–H groups in total. The van der Waals surface area contributed by atoms with Crippen LogP contribution >= 0.6 is 11.8 Å². The first kappa shape index (κ1) is 17.6. The van der Waals surface area contributed by atoms with Crippen LogP contribution in [0, 0.1) is 5.41 Å². The predicted molar refractivity (Wildman–Crippen MR) is 105 cm³/mol. The summed E-state index contributed by atoms with van der Waals surface area (Å²) in [5.74, 6) is 0.450. The lowest BCUT2D eigenvalue weighted by Crippen LogP contribution is -3.06. The third-order valence-corrected chi connectivity index (χ3v) is 6.54. The number of nitrogens with zero attached hydrogens (tertiary/aromatic N) is 1. The second kappa shape index (κ2) is 5.86. The number of fused-ring (bicyclic) bond motifs is 1. The molecule has 0 aliphatic carbocycles. The number of hydrogen-bond acceptors (Lipinski definition) is 4. The van der Waals surface area contributed by atoms with E-state index in [1.807, 2.05) is 18.2 Å². The van der Waals surface area contributed by atoms with Crippen LogP contribution in [0.1, 0.15) is 47.0 Å². The van der Waals surface area contributed by atoms with E-state index in [1.54, 1.807) is 16.7 Å². The number of rotatable bonds is 1. The van der Waals surface area contributed by atoms with Gasteiger partial charge in [0, 0.05) is 23.3 Å². The number of anilines is 1. The fourth-order valence-corrected chi connectivity index (χ4v) is 5.91. The molecule has 2 saturated heterocycles. The summed E-state index contributed by atoms with van der Waals surface area (Å²) in [4.78, 5) is 15.8. The fraction of sp³-hybridized carbons (Fsp3) is 0.500. The molecule has 138 valence electrons. The van der Waals surface area contributed by atoms with Crippen LogP contribution in [0.3, 0.4) is 0 Å². The predicted octanol–water partition coefficient (Wildman–Crippen LogP) is 2.91. The molecule has 1 amide bonds. The van der Waals surface area contributed by atoms with Crippen LogP contribution in [0.5, 0.6) is 0 Å². The van der Waals surface area contributed by atoms with Crippen molar-refractivity contribution in [2.75, 3.05) is 5.32 Å². The summed E-state index contributed by atoms with van der Waals surface area (Å²) in [6.07, 6.45) is 2.14. The molecule has 3 heterocycles. The van der Waals surface area contributed by atoms with Gasteiger partial charge >= 0.3 is 0 Å². The lowest BCUT2D eigenvalue weighted by molar-refractivity contribution is -0.788. The number of nitrogens with one attached hydrogen (secondary N) is 2. The molecule has 0 radical (unpaired) electrons. The van der Waals surface area contributed by atoms with Crippen molar-refractivity contribution in [3.8, 4) is 0 Å². The minimum atomic E-state index is 0.0642. The van der Waals surface area contributed by atoms with Gasteiger partial charge in [0.05, 0.1) is 34.3 Å². The Bertz CT molecular complexity index is 784. The van der Waals surface area contributed by atoms with Gasteiger partial charge in [0.1, 0.15) is 5.84 Å². The normalized spacial score (nSPS) is 27.6. The second-order valence-electron chi connectivity index (χ2n) is 9.00. The highest BCUT2D eigenvalue weighted by Crippen LogP contribution is 2.44. The summed E-state index contributed by atoms with van der Waals surface area (Å²) in [5, 5.41) is 15.5. The number of thioether (sulfide) groups is 1. The van der Waals surface area contributed by atoms with E-state index in [2.05, 4.69) is 44.4 Å². The van der Waals surface area contributed by atoms with Crippen molar-refractivity contribution < 1.29 is 10.1 Å². The molecule has 1 aromatic carbocycles. The largest absolute Gasteiger partial charge is 0.349 e. The SMILES string of the molecule is CC1(C)CC(N2C(=N)/C(=C3/Nc4ccccc4S3)CC2=O)CC(C)(C)[NH2+]1. The van der Waals surface area contributed by atoms with Gasteiger partial charge in [-0.05, 0) is 39.8 Å². The number of carbonyl (C=O) groups excluding carboxylic acids is 1. The Labute approximate surface area is 159 Å². The number of carbonyl (C=O) groups is 1. The minimum Gasteiger partial charge on any atom is -0.349 e. The van der Waals surface area contributed by atoms with Crippen molar-refractivity contribution >= 4 is 29.2 Å². The fourth-order valence-electron chi connectivity index (χ4n) is 4.86. The molecular weight excluding hydrogens is 344 g/mol. The van der Waals surface area contributed by atoms with Crippen molar-refractivity contribution in [3.63, 3.8) is 0 Å². The zero-order valence-electron chi connectivity index (χ0n) is 15.8. The standard InChI is InChI=1S/C20H26N4OS/c1-19(2)10-12(11-20(3,4)23-19)24-16(25)9-13(17(24)21)18-22-14-7-5-6-8-15(14)26-18/h5-8,12,21-23H,9-11H2,1-4H3/p+1/b18-13-,21-17?. The molecule has 26 heavy (non-hydrogen) atoms. The topological polar surface area (TPSA) is 72.8 Å². The van der Waals surface area contributed by atoms with Crippen LogP contribution in [0.4, 0.5) is 5.69 Å². The van der Waals surface area contributed by atoms with Gasteiger partial charge in [-0.2, -0.15) is 0 Å². The number of amides is 1. The number of nitrogens with two attached hydrogens (primary N) is 1. The zero-order chi connectivity index (χ0) is 18.7. The van der Waals surface area contributed by atoms with E-state index in [0.29, 0.717) is 12.3 Å². The van der Waals surface area contributed by atoms with E-state index in [9.17, 15) is 4.79 Å². The molecule has 0 saturated carbocycles. The Hall–Kier alpha value is -1.79. The molecule has 5 nitrogen and oxygen atoms in total. The van der Waals surface area contributed by atoms with Crippen LogP contribution in [0.25, 0.3) is 0 Å². The van der Waals surface area contributed by atoms with E-state index in [-0.39, 0.29) is 23.0 Å². The summed E-state index contributed by atoms with van der Waals surface area (Å²) in [6.45, 7) is 8.93. The maximum atomic E-state index is 12.8. The van der Waals surface area contributed by atoms with Gasteiger partial charge in [0.15, 0.2) is 0 Å². The summed E-state index contributed by atoms with van der Waals surface area (Å²) >= 11 is 1.63. The first-order valence-electron chi connectivity index (χ1n) is 9.20. The summed E-state index contributed by atoms with van der Waals surface area (Å²) in [6, 6.07) is 8.22. The summed E-state index contributed by atoms with van der Waals surface area (Å²) < 4.78 is 0. The van der Waals surface area contributed by atoms with Gasteiger partial charge in [-0.3, -0.25) is 15.1 Å². The third-order valence-electron chi connectivity index (χ3n) is 5.41. The van der Waals surface area contributed by atoms with E-state index < -0.39 is 0 Å². The molecular formula is C20H27N4OS+. The van der Waals surface area contributed by atoms with E-state index in [0.717, 1.165) is 34.0 Å². The Morgan fingerprint density at radius 2 is 1.85 bits per heavy atom. The highest BCUT2D eigenvalue weighted by Gasteiger charge is 2.48. The number of benzene rings is 1. The van der Waals surface area contributed by atoms with Crippen LogP contribution in [0.2, 0.25) is 0 Å². The van der Waals surface area contributed by atoms with Gasteiger partial charge in [-0.15, -0.1) is 0 Å². The molecule has 0 unspecified atom stereocenters. The molecule has 0 aromatic heterocycles. The van der Waals surface area contributed by atoms with Crippen molar-refractivity contribution in [2.24, 2.45) is 0 Å². The first-order chi connectivity index (χ1) is 12.2. The maximum Gasteiger partial charge on any atom is 0.233 e. The highest BCUT2D eigenvalue weighted by atomic mass is 32.2. The van der Waals surface area contributed by atoms with E-state index in [4.69, 9.17) is 5.41 Å². The van der Waals surface area contributed by atoms with Gasteiger partial charge in [0.25, 0.3) is 0 Å². The molecule has 1 aromatic rings. The summed E-state index contributed by atoms with van der Waals surface area (Å²) in [5.41, 5.74) is 2.04. The van der Waals surface area contributed by atoms with Gasteiger partial charge in [-0.25, -0.2) is 0 Å². The van der Waals surface area contributed by atoms with Crippen molar-refractivity contribution in [1.82, 2.24) is 4.90 Å². The molecule has 0 atom stereocenters. The number of piperidine rings is 1. The molecule has 0 spiro atoms. The maximum absolute atomic E-state index is 12.8. The number of quaternary nitrogens is 1. The van der Waals surface area contributed by atoms with Gasteiger partial charge in [-0.1, -0.05) is 23.9 Å². The lowest BCUT2D eigenvalue weighted by Gasteiger charge is -2.45. The number of likely N-dealkylation sites (tertiary alicyclic amines) is 1. The molecule has 6 heteroatoms. The van der Waals surface area contributed by atoms with Crippen molar-refractivity contribution in [1.29, 1.82) is 5.41 Å². The Morgan fingerprint density at radius 1 is 1.19 bits per heavy atom. The van der Waals surface area contributed by atoms with Crippen LogP contribution < -0.4 is 10.6 Å². The van der Waals surface area contributed by atoms with Crippen LogP contribution in [-0.2, 0) is 4.79 Å². The average Bonchev–Trinajstić information content (AvgIpc) is 3.04. The molecule has 0 bridgehead atoms. The van der Waals surface area contributed by atoms with Crippen LogP contribution in [0.15, 0.2) is 39.8 Å². The molecule has 3 aliphatic heterocycles. The monoisotopic (exact) mass is 371 g/mol. The van der Waals surface area contributed by atoms with Crippen molar-refractivity contribution in [3.05, 3.63) is 34.9 Å². The van der Waals surface area contributed by atoms with E-state index >= 15 is 0 Å². The zero-order valence-corrected chi connectivity index (χ0v) is 16.7. The Balaban J connectivity index is 1.62. The van der Waals surface area contributed by atoms with Crippen LogP contribution in [-0.4, -0.2) is 33.8 Å². The molecule has 4 rings (SSSR count). The quantitative estimate of drug-likeness (QED) is 0.711. The Morgan fingerprint density at radius 3 is 2.50 bits per heavy atom. The van der Waals surface area contributed by atoms with Gasteiger partial charge in [0.2, 0.25) is 5.91 Å². The third kappa shape index (κ3) is 3.05. The second-order valence-corrected chi connectivity index (χ2v) is 10.1. The highest BCUT2D eigenvalue weighted by molar-refractivity contribution is 8.03. The lowest BCUT2D eigenvalue weighted by atomic mass is 9.79. The Kier molecular flexibility index (Phi) is 3.97. The van der Waals surface area contributed by atoms with Crippen molar-refractivity contribution in [2.45, 2.75) is 69.0 Å². The minimum absolute atomic E-state index is 0.0642. The number of hydrogen-bond donors (Lipinski definition) is 3. The first-order valence-corrected chi connectivity index (χ1v) is 10.0. The smallest absolute Gasteiger partial charge is 0.233 e. The average molecular weight is 372 g/mol. The number of amidine groups is 1. The number of para-hydroxylation sites is 1. The molecule has 3 aliphatic rings.